The predicted molar refractivity (Wildman–Crippen MR) is 84.5 cm³/mol. The Hall–Kier alpha value is 0.0674. The van der Waals surface area contributed by atoms with Gasteiger partial charge in [0.25, 0.3) is 0 Å². The third-order valence-electron chi connectivity index (χ3n) is 3.91. The van der Waals surface area contributed by atoms with Crippen LogP contribution in [0.25, 0.3) is 0 Å². The minimum Gasteiger partial charge on any atom is -0.550 e. The number of hydrogen-bond donors (Lipinski definition) is 0. The Morgan fingerprint density at radius 2 is 1.05 bits per heavy atom. The zero-order valence-electron chi connectivity index (χ0n) is 14.8. The van der Waals surface area contributed by atoms with Gasteiger partial charge in [0, 0.05) is 5.97 Å². The second-order valence-corrected chi connectivity index (χ2v) is 6.55. The zero-order chi connectivity index (χ0) is 15.1. The summed E-state index contributed by atoms with van der Waals surface area (Å²) in [5.74, 6) is -0.0415. The molecule has 0 atom stereocenters. The molecule has 0 saturated carbocycles. The second-order valence-electron chi connectivity index (χ2n) is 6.55. The van der Waals surface area contributed by atoms with E-state index in [1.165, 1.54) is 70.6 Å². The third kappa shape index (κ3) is 22.5. The summed E-state index contributed by atoms with van der Waals surface area (Å²) in [6, 6.07) is 0. The summed E-state index contributed by atoms with van der Waals surface area (Å²) in [5, 5.41) is 10.2. The van der Waals surface area contributed by atoms with E-state index in [0.717, 1.165) is 18.8 Å². The van der Waals surface area contributed by atoms with E-state index in [9.17, 15) is 9.90 Å². The van der Waals surface area contributed by atoms with E-state index in [2.05, 4.69) is 13.8 Å². The quantitative estimate of drug-likeness (QED) is 0.341. The van der Waals surface area contributed by atoms with Gasteiger partial charge in [-0.15, -0.1) is 0 Å². The summed E-state index contributed by atoms with van der Waals surface area (Å²) >= 11 is 0. The van der Waals surface area contributed by atoms with Gasteiger partial charge in [-0.1, -0.05) is 90.9 Å². The summed E-state index contributed by atoms with van der Waals surface area (Å²) < 4.78 is 0. The molecule has 0 heterocycles. The van der Waals surface area contributed by atoms with E-state index >= 15 is 0 Å². The van der Waals surface area contributed by atoms with Crippen molar-refractivity contribution in [1.29, 1.82) is 0 Å². The number of carboxylic acid groups (broad SMARTS) is 1. The van der Waals surface area contributed by atoms with Crippen molar-refractivity contribution >= 4 is 5.97 Å². The fourth-order valence-corrected chi connectivity index (χ4v) is 2.59. The largest absolute Gasteiger partial charge is 1.00 e. The van der Waals surface area contributed by atoms with Crippen LogP contribution in [-0.4, -0.2) is 5.97 Å². The zero-order valence-corrected chi connectivity index (χ0v) is 14.8. The van der Waals surface area contributed by atoms with Crippen LogP contribution in [0.15, 0.2) is 0 Å². The number of rotatable bonds is 15. The maximum absolute atomic E-state index is 10.2. The fraction of sp³-hybridized carbons (Fsp3) is 0.944. The Morgan fingerprint density at radius 1 is 0.714 bits per heavy atom. The smallest absolute Gasteiger partial charge is 0.550 e. The van der Waals surface area contributed by atoms with Crippen molar-refractivity contribution in [3.63, 3.8) is 0 Å². The Bertz CT molecular complexity index is 217. The number of carbonyl (C=O) groups excluding carboxylic acids is 1. The number of carboxylic acids is 1. The summed E-state index contributed by atoms with van der Waals surface area (Å²) in [5.41, 5.74) is 0. The number of unbranched alkanes of at least 4 members (excludes halogenated alkanes) is 11. The van der Waals surface area contributed by atoms with E-state index in [0.29, 0.717) is 0 Å². The van der Waals surface area contributed by atoms with Crippen molar-refractivity contribution in [3.8, 4) is 0 Å². The van der Waals surface area contributed by atoms with Crippen molar-refractivity contribution < 1.29 is 28.8 Å². The van der Waals surface area contributed by atoms with Crippen molar-refractivity contribution in [3.05, 3.63) is 0 Å². The molecule has 0 aromatic heterocycles. The third-order valence-corrected chi connectivity index (χ3v) is 3.91. The first-order valence-electron chi connectivity index (χ1n) is 8.82. The molecule has 0 N–H and O–H groups in total. The van der Waals surface area contributed by atoms with Crippen LogP contribution in [-0.2, 0) is 4.79 Å². The monoisotopic (exact) mass is 290 g/mol. The van der Waals surface area contributed by atoms with Gasteiger partial charge >= 0.3 is 18.9 Å². The Labute approximate surface area is 144 Å². The van der Waals surface area contributed by atoms with Gasteiger partial charge in [-0.3, -0.25) is 0 Å². The van der Waals surface area contributed by atoms with Gasteiger partial charge in [0.15, 0.2) is 0 Å². The predicted octanol–water partition coefficient (Wildman–Crippen LogP) is 1.86. The molecule has 0 saturated heterocycles. The average Bonchev–Trinajstić information content (AvgIpc) is 2.38. The maximum Gasteiger partial charge on any atom is 1.00 e. The molecule has 0 rings (SSSR count). The van der Waals surface area contributed by atoms with Crippen molar-refractivity contribution in [2.24, 2.45) is 5.92 Å². The van der Waals surface area contributed by atoms with Crippen LogP contribution in [0.3, 0.4) is 0 Å². The standard InChI is InChI=1S/C18H36O2.Li/c1-17(2)15-13-11-9-7-5-3-4-6-8-10-12-14-16-18(19)20;/h17H,3-16H2,1-2H3,(H,19,20);/q;+1/p-1. The topological polar surface area (TPSA) is 40.1 Å². The summed E-state index contributed by atoms with van der Waals surface area (Å²) in [6.07, 6.45) is 17.0. The van der Waals surface area contributed by atoms with Gasteiger partial charge in [0.2, 0.25) is 0 Å². The SMILES string of the molecule is CC(C)CCCCCCCCCCCCCCC(=O)[O-].[Li+]. The van der Waals surface area contributed by atoms with Gasteiger partial charge in [-0.25, -0.2) is 0 Å². The minimum absolute atomic E-state index is 0. The van der Waals surface area contributed by atoms with Gasteiger partial charge in [-0.2, -0.15) is 0 Å². The van der Waals surface area contributed by atoms with Gasteiger partial charge < -0.3 is 9.90 Å². The molecule has 120 valence electrons. The van der Waals surface area contributed by atoms with Crippen LogP contribution in [0.5, 0.6) is 0 Å². The molecule has 0 unspecified atom stereocenters. The van der Waals surface area contributed by atoms with E-state index in [-0.39, 0.29) is 25.3 Å². The Morgan fingerprint density at radius 3 is 1.38 bits per heavy atom. The molecular formula is C18H35LiO2. The maximum atomic E-state index is 10.2. The molecule has 0 aliphatic rings. The molecule has 0 amide bonds. The van der Waals surface area contributed by atoms with E-state index in [1.807, 2.05) is 0 Å². The number of carbonyl (C=O) groups is 1. The van der Waals surface area contributed by atoms with E-state index in [4.69, 9.17) is 0 Å². The summed E-state index contributed by atoms with van der Waals surface area (Å²) in [4.78, 5) is 10.2. The first kappa shape index (κ1) is 23.3. The molecule has 21 heavy (non-hydrogen) atoms. The molecular weight excluding hydrogens is 255 g/mol. The Balaban J connectivity index is 0. The molecule has 0 fully saturated rings. The molecule has 3 heteroatoms. The molecule has 0 bridgehead atoms. The van der Waals surface area contributed by atoms with Crippen LogP contribution in [0.4, 0.5) is 0 Å². The fourth-order valence-electron chi connectivity index (χ4n) is 2.59. The molecule has 0 aromatic carbocycles. The van der Waals surface area contributed by atoms with Crippen LogP contribution < -0.4 is 24.0 Å². The van der Waals surface area contributed by atoms with Crippen LogP contribution in [0.2, 0.25) is 0 Å². The van der Waals surface area contributed by atoms with Crippen molar-refractivity contribution in [1.82, 2.24) is 0 Å². The average molecular weight is 290 g/mol. The van der Waals surface area contributed by atoms with Gasteiger partial charge in [0.1, 0.15) is 0 Å². The number of hydrogen-bond acceptors (Lipinski definition) is 2. The molecule has 0 aromatic rings. The minimum atomic E-state index is -0.904. The first-order valence-corrected chi connectivity index (χ1v) is 8.82. The molecule has 0 radical (unpaired) electrons. The molecule has 0 aliphatic heterocycles. The molecule has 2 nitrogen and oxygen atoms in total. The normalized spacial score (nSPS) is 10.6. The van der Waals surface area contributed by atoms with Gasteiger partial charge in [0.05, 0.1) is 0 Å². The number of aliphatic carboxylic acids is 1. The van der Waals surface area contributed by atoms with Crippen LogP contribution in [0, 0.1) is 5.92 Å². The second kappa shape index (κ2) is 18.1. The Kier molecular flexibility index (Phi) is 20.1. The van der Waals surface area contributed by atoms with Crippen LogP contribution >= 0.6 is 0 Å². The first-order chi connectivity index (χ1) is 9.63. The molecule has 0 aliphatic carbocycles. The van der Waals surface area contributed by atoms with Crippen LogP contribution in [0.1, 0.15) is 104 Å². The summed E-state index contributed by atoms with van der Waals surface area (Å²) in [7, 11) is 0. The van der Waals surface area contributed by atoms with E-state index in [1.54, 1.807) is 0 Å². The molecule has 0 spiro atoms. The van der Waals surface area contributed by atoms with E-state index < -0.39 is 5.97 Å². The summed E-state index contributed by atoms with van der Waals surface area (Å²) in [6.45, 7) is 4.61. The van der Waals surface area contributed by atoms with Crippen molar-refractivity contribution in [2.75, 3.05) is 0 Å². The van der Waals surface area contributed by atoms with Gasteiger partial charge in [-0.05, 0) is 18.8 Å². The van der Waals surface area contributed by atoms with Crippen molar-refractivity contribution in [2.45, 2.75) is 104 Å².